The molecule has 0 aliphatic heterocycles. The van der Waals surface area contributed by atoms with Gasteiger partial charge in [0, 0.05) is 5.69 Å². The summed E-state index contributed by atoms with van der Waals surface area (Å²) in [6.07, 6.45) is 0. The van der Waals surface area contributed by atoms with Crippen LogP contribution in [0.5, 0.6) is 0 Å². The Balaban J connectivity index is 2.17. The number of hydrogen-bond donors (Lipinski definition) is 2. The van der Waals surface area contributed by atoms with Crippen LogP contribution >= 0.6 is 0 Å². The summed E-state index contributed by atoms with van der Waals surface area (Å²) < 4.78 is 39.3. The summed E-state index contributed by atoms with van der Waals surface area (Å²) in [6, 6.07) is 12.3. The van der Waals surface area contributed by atoms with Crippen LogP contribution in [0.1, 0.15) is 5.56 Å². The highest BCUT2D eigenvalue weighted by atomic mass is 32.2. The van der Waals surface area contributed by atoms with Gasteiger partial charge in [0.25, 0.3) is 0 Å². The Labute approximate surface area is 111 Å². The zero-order valence-electron chi connectivity index (χ0n) is 10.0. The van der Waals surface area contributed by atoms with E-state index in [2.05, 4.69) is 4.72 Å². The molecule has 100 valence electrons. The van der Waals surface area contributed by atoms with Gasteiger partial charge in [-0.3, -0.25) is 4.72 Å². The SMILES string of the molecule is Nc1cc(F)cc(NS(=O)(=O)Cc2ccccc2)c1. The van der Waals surface area contributed by atoms with Crippen LogP contribution in [0.3, 0.4) is 0 Å². The third-order valence-electron chi connectivity index (χ3n) is 2.39. The second kappa shape index (κ2) is 5.27. The van der Waals surface area contributed by atoms with Crippen LogP contribution in [-0.4, -0.2) is 8.42 Å². The Bertz CT molecular complexity index is 652. The standard InChI is InChI=1S/C13H13FN2O2S/c14-11-6-12(15)8-13(7-11)16-19(17,18)9-10-4-2-1-3-5-10/h1-8,16H,9,15H2. The summed E-state index contributed by atoms with van der Waals surface area (Å²) >= 11 is 0. The van der Waals surface area contributed by atoms with Crippen molar-refractivity contribution in [2.45, 2.75) is 5.75 Å². The summed E-state index contributed by atoms with van der Waals surface area (Å²) in [7, 11) is -3.59. The molecule has 2 aromatic carbocycles. The van der Waals surface area contributed by atoms with Gasteiger partial charge in [-0.1, -0.05) is 30.3 Å². The summed E-state index contributed by atoms with van der Waals surface area (Å²) in [5.74, 6) is -0.762. The van der Waals surface area contributed by atoms with E-state index in [1.165, 1.54) is 6.07 Å². The van der Waals surface area contributed by atoms with Gasteiger partial charge in [0.2, 0.25) is 10.0 Å². The van der Waals surface area contributed by atoms with Crippen LogP contribution in [0.2, 0.25) is 0 Å². The third-order valence-corrected chi connectivity index (χ3v) is 3.65. The number of hydrogen-bond acceptors (Lipinski definition) is 3. The number of anilines is 2. The first-order valence-electron chi connectivity index (χ1n) is 5.55. The number of benzene rings is 2. The molecular formula is C13H13FN2O2S. The fourth-order valence-corrected chi connectivity index (χ4v) is 2.86. The molecule has 0 fully saturated rings. The fourth-order valence-electron chi connectivity index (χ4n) is 1.68. The number of halogens is 1. The van der Waals surface area contributed by atoms with E-state index in [4.69, 9.17) is 5.73 Å². The lowest BCUT2D eigenvalue weighted by molar-refractivity contribution is 0.600. The Kier molecular flexibility index (Phi) is 3.71. The van der Waals surface area contributed by atoms with E-state index in [0.717, 1.165) is 12.1 Å². The number of nitrogens with two attached hydrogens (primary N) is 1. The van der Waals surface area contributed by atoms with Gasteiger partial charge in [-0.2, -0.15) is 0 Å². The van der Waals surface area contributed by atoms with Gasteiger partial charge in [-0.25, -0.2) is 12.8 Å². The molecule has 0 saturated carbocycles. The van der Waals surface area contributed by atoms with Crippen LogP contribution in [0.15, 0.2) is 48.5 Å². The van der Waals surface area contributed by atoms with Gasteiger partial charge >= 0.3 is 0 Å². The molecule has 3 N–H and O–H groups in total. The van der Waals surface area contributed by atoms with Crippen molar-refractivity contribution in [3.8, 4) is 0 Å². The van der Waals surface area contributed by atoms with E-state index >= 15 is 0 Å². The summed E-state index contributed by atoms with van der Waals surface area (Å²) in [4.78, 5) is 0. The smallest absolute Gasteiger partial charge is 0.236 e. The normalized spacial score (nSPS) is 11.2. The van der Waals surface area contributed by atoms with E-state index in [9.17, 15) is 12.8 Å². The third kappa shape index (κ3) is 3.96. The second-order valence-electron chi connectivity index (χ2n) is 4.12. The van der Waals surface area contributed by atoms with Crippen LogP contribution in [0.4, 0.5) is 15.8 Å². The van der Waals surface area contributed by atoms with Gasteiger partial charge in [0.05, 0.1) is 11.4 Å². The Morgan fingerprint density at radius 2 is 1.79 bits per heavy atom. The highest BCUT2D eigenvalue weighted by Crippen LogP contribution is 2.18. The molecule has 0 spiro atoms. The van der Waals surface area contributed by atoms with Crippen LogP contribution in [0, 0.1) is 5.82 Å². The molecule has 2 aromatic rings. The quantitative estimate of drug-likeness (QED) is 0.844. The molecule has 0 aliphatic rings. The molecule has 6 heteroatoms. The average molecular weight is 280 g/mol. The molecule has 0 heterocycles. The molecule has 4 nitrogen and oxygen atoms in total. The van der Waals surface area contributed by atoms with E-state index in [1.54, 1.807) is 30.3 Å². The van der Waals surface area contributed by atoms with E-state index in [1.807, 2.05) is 0 Å². The molecule has 0 saturated heterocycles. The van der Waals surface area contributed by atoms with Crippen LogP contribution < -0.4 is 10.5 Å². The van der Waals surface area contributed by atoms with Gasteiger partial charge in [0.15, 0.2) is 0 Å². The first-order valence-corrected chi connectivity index (χ1v) is 7.20. The molecule has 0 aliphatic carbocycles. The lowest BCUT2D eigenvalue weighted by atomic mass is 10.2. The van der Waals surface area contributed by atoms with Gasteiger partial charge < -0.3 is 5.73 Å². The molecule has 0 bridgehead atoms. The van der Waals surface area contributed by atoms with Crippen molar-refractivity contribution in [3.05, 3.63) is 59.9 Å². The maximum absolute atomic E-state index is 13.1. The highest BCUT2D eigenvalue weighted by molar-refractivity contribution is 7.91. The molecule has 0 amide bonds. The average Bonchev–Trinajstić information content (AvgIpc) is 2.27. The van der Waals surface area contributed by atoms with E-state index in [-0.39, 0.29) is 17.1 Å². The van der Waals surface area contributed by atoms with Crippen molar-refractivity contribution < 1.29 is 12.8 Å². The van der Waals surface area contributed by atoms with Crippen molar-refractivity contribution in [2.24, 2.45) is 0 Å². The zero-order valence-corrected chi connectivity index (χ0v) is 10.8. The van der Waals surface area contributed by atoms with Crippen molar-refractivity contribution in [1.82, 2.24) is 0 Å². The van der Waals surface area contributed by atoms with Crippen molar-refractivity contribution in [1.29, 1.82) is 0 Å². The molecule has 0 aromatic heterocycles. The van der Waals surface area contributed by atoms with Crippen LogP contribution in [0.25, 0.3) is 0 Å². The lowest BCUT2D eigenvalue weighted by Crippen LogP contribution is -2.15. The van der Waals surface area contributed by atoms with E-state index < -0.39 is 15.8 Å². The van der Waals surface area contributed by atoms with Crippen LogP contribution in [-0.2, 0) is 15.8 Å². The van der Waals surface area contributed by atoms with Crippen molar-refractivity contribution in [2.75, 3.05) is 10.5 Å². The molecule has 2 rings (SSSR count). The first-order chi connectivity index (χ1) is 8.94. The van der Waals surface area contributed by atoms with Gasteiger partial charge in [0.1, 0.15) is 5.82 Å². The van der Waals surface area contributed by atoms with Gasteiger partial charge in [-0.05, 0) is 23.8 Å². The largest absolute Gasteiger partial charge is 0.399 e. The Morgan fingerprint density at radius 3 is 2.42 bits per heavy atom. The maximum Gasteiger partial charge on any atom is 0.236 e. The summed E-state index contributed by atoms with van der Waals surface area (Å²) in [5.41, 5.74) is 6.39. The monoisotopic (exact) mass is 280 g/mol. The van der Waals surface area contributed by atoms with Crippen molar-refractivity contribution in [3.63, 3.8) is 0 Å². The molecule has 0 unspecified atom stereocenters. The predicted molar refractivity (Wildman–Crippen MR) is 73.5 cm³/mol. The fraction of sp³-hybridized carbons (Fsp3) is 0.0769. The molecule has 19 heavy (non-hydrogen) atoms. The Hall–Kier alpha value is -2.08. The molecule has 0 atom stereocenters. The minimum atomic E-state index is -3.59. The minimum Gasteiger partial charge on any atom is -0.399 e. The summed E-state index contributed by atoms with van der Waals surface area (Å²) in [5, 5.41) is 0. The summed E-state index contributed by atoms with van der Waals surface area (Å²) in [6.45, 7) is 0. The number of nitrogen functional groups attached to an aromatic ring is 1. The predicted octanol–water partition coefficient (Wildman–Crippen LogP) is 2.35. The second-order valence-corrected chi connectivity index (χ2v) is 5.84. The van der Waals surface area contributed by atoms with Gasteiger partial charge in [-0.15, -0.1) is 0 Å². The minimum absolute atomic E-state index is 0.119. The number of nitrogens with one attached hydrogen (secondary N) is 1. The topological polar surface area (TPSA) is 72.2 Å². The van der Waals surface area contributed by atoms with Crippen molar-refractivity contribution >= 4 is 21.4 Å². The Morgan fingerprint density at radius 1 is 1.11 bits per heavy atom. The van der Waals surface area contributed by atoms with E-state index in [0.29, 0.717) is 5.56 Å². The molecule has 0 radical (unpaired) electrons. The molecular weight excluding hydrogens is 267 g/mol. The maximum atomic E-state index is 13.1. The lowest BCUT2D eigenvalue weighted by Gasteiger charge is -2.09. The number of rotatable bonds is 4. The number of sulfonamides is 1. The zero-order chi connectivity index (χ0) is 13.9. The highest BCUT2D eigenvalue weighted by Gasteiger charge is 2.12. The first kappa shape index (κ1) is 13.4.